The van der Waals surface area contributed by atoms with Crippen LogP contribution in [0.3, 0.4) is 0 Å². The number of nitrogens with one attached hydrogen (secondary N) is 1. The molecule has 2 aromatic rings. The maximum atomic E-state index is 12.0. The molecule has 0 atom stereocenters. The van der Waals surface area contributed by atoms with Crippen LogP contribution in [0.15, 0.2) is 29.6 Å². The van der Waals surface area contributed by atoms with Gasteiger partial charge < -0.3 is 20.0 Å². The number of unbranched alkanes of at least 4 members (excludes halogenated alkanes) is 2. The topological polar surface area (TPSA) is 91.3 Å². The fourth-order valence-electron chi connectivity index (χ4n) is 2.31. The van der Waals surface area contributed by atoms with Gasteiger partial charge in [-0.1, -0.05) is 31.9 Å². The molecule has 0 spiro atoms. The van der Waals surface area contributed by atoms with E-state index in [2.05, 4.69) is 17.2 Å². The number of carbonyl (C=O) groups excluding carboxylic acids is 2. The van der Waals surface area contributed by atoms with Gasteiger partial charge in [-0.3, -0.25) is 4.79 Å². The Morgan fingerprint density at radius 1 is 1.19 bits per heavy atom. The van der Waals surface area contributed by atoms with Crippen LogP contribution in [-0.4, -0.2) is 23.5 Å². The van der Waals surface area contributed by atoms with E-state index in [9.17, 15) is 14.7 Å². The third-order valence-electron chi connectivity index (χ3n) is 3.67. The van der Waals surface area contributed by atoms with Crippen molar-refractivity contribution in [2.24, 2.45) is 0 Å². The maximum Gasteiger partial charge on any atom is 0.227 e. The van der Waals surface area contributed by atoms with E-state index < -0.39 is 5.97 Å². The molecule has 1 heterocycles. The lowest BCUT2D eigenvalue weighted by Gasteiger charge is -2.08. The summed E-state index contributed by atoms with van der Waals surface area (Å²) < 4.78 is 5.66. The number of aromatic nitrogens is 1. The number of carboxylic acid groups (broad SMARTS) is 1. The van der Waals surface area contributed by atoms with E-state index in [1.54, 1.807) is 5.38 Å². The maximum absolute atomic E-state index is 12.0. The van der Waals surface area contributed by atoms with Crippen LogP contribution in [0.1, 0.15) is 42.5 Å². The summed E-state index contributed by atoms with van der Waals surface area (Å²) in [5, 5.41) is 15.6. The minimum Gasteiger partial charge on any atom is -0.550 e. The van der Waals surface area contributed by atoms with Crippen LogP contribution in [0.25, 0.3) is 0 Å². The van der Waals surface area contributed by atoms with Crippen molar-refractivity contribution < 1.29 is 19.4 Å². The minimum absolute atomic E-state index is 0.135. The number of thiazole rings is 1. The van der Waals surface area contributed by atoms with Gasteiger partial charge in [0.1, 0.15) is 10.8 Å². The number of hydrogen-bond donors (Lipinski definition) is 1. The summed E-state index contributed by atoms with van der Waals surface area (Å²) in [5.41, 5.74) is 1.41. The average Bonchev–Trinajstić information content (AvgIpc) is 3.04. The van der Waals surface area contributed by atoms with Crippen LogP contribution in [-0.2, 0) is 29.0 Å². The quantitative estimate of drug-likeness (QED) is 0.605. The fraction of sp³-hybridized carbons (Fsp3) is 0.421. The van der Waals surface area contributed by atoms with Gasteiger partial charge in [0, 0.05) is 24.3 Å². The zero-order chi connectivity index (χ0) is 18.8. The van der Waals surface area contributed by atoms with Crippen molar-refractivity contribution in [1.82, 2.24) is 10.3 Å². The molecule has 0 bridgehead atoms. The first-order valence-corrected chi connectivity index (χ1v) is 9.56. The van der Waals surface area contributed by atoms with E-state index in [0.29, 0.717) is 17.2 Å². The molecule has 0 radical (unpaired) electrons. The Bertz CT molecular complexity index is 713. The molecule has 0 saturated carbocycles. The number of hydrogen-bond acceptors (Lipinski definition) is 6. The largest absolute Gasteiger partial charge is 0.550 e. The zero-order valence-corrected chi connectivity index (χ0v) is 15.6. The van der Waals surface area contributed by atoms with Gasteiger partial charge in [-0.25, -0.2) is 4.98 Å². The summed E-state index contributed by atoms with van der Waals surface area (Å²) in [5.74, 6) is -0.497. The molecular formula is C19H23N2O4S-. The molecule has 2 rings (SSSR count). The highest BCUT2D eigenvalue weighted by Crippen LogP contribution is 2.14. The van der Waals surface area contributed by atoms with Crippen LogP contribution < -0.4 is 15.2 Å². The monoisotopic (exact) mass is 375 g/mol. The van der Waals surface area contributed by atoms with Gasteiger partial charge in [0.25, 0.3) is 0 Å². The molecule has 140 valence electrons. The minimum atomic E-state index is -1.18. The van der Waals surface area contributed by atoms with Crippen molar-refractivity contribution in [2.45, 2.75) is 45.6 Å². The number of nitrogens with zero attached hydrogens (tertiary/aromatic N) is 1. The lowest BCUT2D eigenvalue weighted by Crippen LogP contribution is -2.25. The zero-order valence-electron chi connectivity index (χ0n) is 14.8. The summed E-state index contributed by atoms with van der Waals surface area (Å²) in [7, 11) is 0. The van der Waals surface area contributed by atoms with Gasteiger partial charge in [-0.05, 0) is 24.1 Å². The Labute approximate surface area is 157 Å². The smallest absolute Gasteiger partial charge is 0.227 e. The van der Waals surface area contributed by atoms with Crippen LogP contribution in [0.2, 0.25) is 0 Å². The van der Waals surface area contributed by atoms with E-state index >= 15 is 0 Å². The van der Waals surface area contributed by atoms with Crippen LogP contribution in [0.4, 0.5) is 0 Å². The molecule has 1 amide bonds. The molecule has 6 nitrogen and oxygen atoms in total. The Morgan fingerprint density at radius 3 is 2.65 bits per heavy atom. The highest BCUT2D eigenvalue weighted by atomic mass is 32.1. The highest BCUT2D eigenvalue weighted by Gasteiger charge is 2.08. The SMILES string of the molecule is CCCCCOc1ccc(CNC(=O)Cc2nc(CC(=O)[O-])cs2)cc1. The van der Waals surface area contributed by atoms with Crippen molar-refractivity contribution in [3.8, 4) is 5.75 Å². The van der Waals surface area contributed by atoms with Gasteiger partial charge in [0.05, 0.1) is 18.7 Å². The van der Waals surface area contributed by atoms with Crippen LogP contribution in [0.5, 0.6) is 5.75 Å². The number of aliphatic carboxylic acids is 1. The summed E-state index contributed by atoms with van der Waals surface area (Å²) in [6.07, 6.45) is 3.29. The predicted molar refractivity (Wildman–Crippen MR) is 97.8 cm³/mol. The van der Waals surface area contributed by atoms with E-state index in [4.69, 9.17) is 4.74 Å². The standard InChI is InChI=1S/C19H24N2O4S/c1-2-3-4-9-25-16-7-5-14(6-8-16)12-20-17(22)11-18-21-15(13-26-18)10-19(23)24/h5-8,13H,2-4,9-12H2,1H3,(H,20,22)(H,23,24)/p-1. The second-order valence-corrected chi connectivity index (χ2v) is 6.88. The Kier molecular flexibility index (Phi) is 8.08. The Morgan fingerprint density at radius 2 is 1.96 bits per heavy atom. The van der Waals surface area contributed by atoms with Crippen molar-refractivity contribution >= 4 is 23.2 Å². The molecule has 1 N–H and O–H groups in total. The van der Waals surface area contributed by atoms with E-state index in [1.807, 2.05) is 24.3 Å². The van der Waals surface area contributed by atoms with E-state index in [1.165, 1.54) is 17.8 Å². The van der Waals surface area contributed by atoms with Gasteiger partial charge in [0.2, 0.25) is 5.91 Å². The first-order chi connectivity index (χ1) is 12.6. The normalized spacial score (nSPS) is 10.5. The third kappa shape index (κ3) is 7.23. The average molecular weight is 375 g/mol. The van der Waals surface area contributed by atoms with E-state index in [-0.39, 0.29) is 18.7 Å². The number of benzene rings is 1. The predicted octanol–water partition coefficient (Wildman–Crippen LogP) is 1.86. The lowest BCUT2D eigenvalue weighted by atomic mass is 10.2. The summed E-state index contributed by atoms with van der Waals surface area (Å²) >= 11 is 1.27. The molecule has 0 fully saturated rings. The summed E-state index contributed by atoms with van der Waals surface area (Å²) in [4.78, 5) is 26.6. The molecule has 0 saturated heterocycles. The molecule has 26 heavy (non-hydrogen) atoms. The Balaban J connectivity index is 1.73. The first kappa shape index (κ1) is 19.9. The first-order valence-electron chi connectivity index (χ1n) is 8.68. The number of carboxylic acids is 1. The number of ether oxygens (including phenoxy) is 1. The molecular weight excluding hydrogens is 352 g/mol. The summed E-state index contributed by atoms with van der Waals surface area (Å²) in [6.45, 7) is 3.30. The van der Waals surface area contributed by atoms with E-state index in [0.717, 1.165) is 30.8 Å². The van der Waals surface area contributed by atoms with Crippen molar-refractivity contribution in [1.29, 1.82) is 0 Å². The molecule has 0 aliphatic rings. The van der Waals surface area contributed by atoms with Crippen LogP contribution in [0, 0.1) is 0 Å². The molecule has 7 heteroatoms. The molecule has 0 unspecified atom stereocenters. The third-order valence-corrected chi connectivity index (χ3v) is 4.56. The Hall–Kier alpha value is -2.41. The van der Waals surface area contributed by atoms with Crippen molar-refractivity contribution in [3.63, 3.8) is 0 Å². The number of carbonyl (C=O) groups is 2. The number of amides is 1. The molecule has 0 aliphatic carbocycles. The molecule has 0 aliphatic heterocycles. The van der Waals surface area contributed by atoms with Gasteiger partial charge >= 0.3 is 0 Å². The van der Waals surface area contributed by atoms with Gasteiger partial charge in [0.15, 0.2) is 0 Å². The second-order valence-electron chi connectivity index (χ2n) is 5.93. The summed E-state index contributed by atoms with van der Waals surface area (Å²) in [6, 6.07) is 7.66. The second kappa shape index (κ2) is 10.6. The van der Waals surface area contributed by atoms with Crippen LogP contribution >= 0.6 is 11.3 Å². The molecule has 1 aromatic heterocycles. The van der Waals surface area contributed by atoms with Gasteiger partial charge in [-0.2, -0.15) is 0 Å². The van der Waals surface area contributed by atoms with Crippen molar-refractivity contribution in [3.05, 3.63) is 45.9 Å². The number of rotatable bonds is 11. The highest BCUT2D eigenvalue weighted by molar-refractivity contribution is 7.09. The lowest BCUT2D eigenvalue weighted by molar-refractivity contribution is -0.304. The van der Waals surface area contributed by atoms with Crippen molar-refractivity contribution in [2.75, 3.05) is 6.61 Å². The van der Waals surface area contributed by atoms with Gasteiger partial charge in [-0.15, -0.1) is 11.3 Å². The fourth-order valence-corrected chi connectivity index (χ4v) is 3.10. The molecule has 1 aromatic carbocycles.